The highest BCUT2D eigenvalue weighted by Crippen LogP contribution is 2.49. The molecule has 1 saturated heterocycles. The standard InChI is InChI=1S/C19H23N3O2S2/c1-19(7-8-19)18(24)22-11-2-3-13(22)14-4-5-15(26-14)17(23)21-9-6-16-20-10-12-25-16/h4-5,10,12-13H,2-3,6-9,11H2,1H3,(H,21,23)/t13-/m1/s1. The highest BCUT2D eigenvalue weighted by atomic mass is 32.1. The lowest BCUT2D eigenvalue weighted by Gasteiger charge is -2.26. The van der Waals surface area contributed by atoms with Gasteiger partial charge in [0.15, 0.2) is 0 Å². The SMILES string of the molecule is CC1(C(=O)N2CCC[C@@H]2c2ccc(C(=O)NCCc3nccs3)s2)CC1. The van der Waals surface area contributed by atoms with Crippen molar-refractivity contribution in [1.29, 1.82) is 0 Å². The zero-order valence-corrected chi connectivity index (χ0v) is 16.5. The number of likely N-dealkylation sites (tertiary alicyclic amines) is 1. The van der Waals surface area contributed by atoms with E-state index < -0.39 is 0 Å². The molecule has 2 aromatic rings. The quantitative estimate of drug-likeness (QED) is 0.820. The second-order valence-electron chi connectivity index (χ2n) is 7.35. The van der Waals surface area contributed by atoms with Crippen LogP contribution in [0.25, 0.3) is 0 Å². The summed E-state index contributed by atoms with van der Waals surface area (Å²) in [6, 6.07) is 4.05. The van der Waals surface area contributed by atoms with Crippen molar-refractivity contribution >= 4 is 34.5 Å². The molecule has 1 atom stereocenters. The maximum atomic E-state index is 12.8. The van der Waals surface area contributed by atoms with E-state index in [4.69, 9.17) is 0 Å². The van der Waals surface area contributed by atoms with E-state index >= 15 is 0 Å². The molecule has 2 aliphatic rings. The van der Waals surface area contributed by atoms with Crippen LogP contribution in [0.3, 0.4) is 0 Å². The summed E-state index contributed by atoms with van der Waals surface area (Å²) in [5, 5.41) is 5.94. The molecule has 3 heterocycles. The first-order valence-electron chi connectivity index (χ1n) is 9.14. The van der Waals surface area contributed by atoms with Crippen molar-refractivity contribution < 1.29 is 9.59 Å². The third-order valence-electron chi connectivity index (χ3n) is 5.32. The number of thiazole rings is 1. The van der Waals surface area contributed by atoms with E-state index in [2.05, 4.69) is 17.2 Å². The Morgan fingerprint density at radius 3 is 2.96 bits per heavy atom. The number of nitrogens with one attached hydrogen (secondary N) is 1. The molecule has 2 amide bonds. The first kappa shape index (κ1) is 17.7. The van der Waals surface area contributed by atoms with Crippen molar-refractivity contribution in [2.24, 2.45) is 5.41 Å². The molecular weight excluding hydrogens is 366 g/mol. The lowest BCUT2D eigenvalue weighted by molar-refractivity contribution is -0.137. The number of amides is 2. The number of nitrogens with zero attached hydrogens (tertiary/aromatic N) is 2. The highest BCUT2D eigenvalue weighted by Gasteiger charge is 2.49. The molecule has 1 aliphatic carbocycles. The van der Waals surface area contributed by atoms with E-state index in [9.17, 15) is 9.59 Å². The van der Waals surface area contributed by atoms with Crippen molar-refractivity contribution in [3.63, 3.8) is 0 Å². The Kier molecular flexibility index (Phi) is 4.84. The molecule has 0 bridgehead atoms. The summed E-state index contributed by atoms with van der Waals surface area (Å²) in [7, 11) is 0. The fourth-order valence-corrected chi connectivity index (χ4v) is 5.15. The predicted molar refractivity (Wildman–Crippen MR) is 103 cm³/mol. The van der Waals surface area contributed by atoms with Crippen LogP contribution in [0.4, 0.5) is 0 Å². The van der Waals surface area contributed by atoms with E-state index in [-0.39, 0.29) is 17.4 Å². The number of rotatable bonds is 6. The molecule has 2 aromatic heterocycles. The summed E-state index contributed by atoms with van der Waals surface area (Å²) < 4.78 is 0. The molecule has 0 aromatic carbocycles. The largest absolute Gasteiger partial charge is 0.351 e. The number of hydrogen-bond acceptors (Lipinski definition) is 5. The Bertz CT molecular complexity index is 796. The van der Waals surface area contributed by atoms with Crippen LogP contribution in [0.1, 0.15) is 58.2 Å². The third-order valence-corrected chi connectivity index (χ3v) is 7.34. The van der Waals surface area contributed by atoms with E-state index in [1.807, 2.05) is 22.4 Å². The molecule has 138 valence electrons. The molecule has 1 N–H and O–H groups in total. The number of thiophene rings is 1. The smallest absolute Gasteiger partial charge is 0.261 e. The maximum absolute atomic E-state index is 12.8. The summed E-state index contributed by atoms with van der Waals surface area (Å²) in [6.45, 7) is 3.50. The van der Waals surface area contributed by atoms with Gasteiger partial charge in [-0.2, -0.15) is 0 Å². The topological polar surface area (TPSA) is 62.3 Å². The van der Waals surface area contributed by atoms with E-state index in [0.29, 0.717) is 12.5 Å². The summed E-state index contributed by atoms with van der Waals surface area (Å²) in [6.07, 6.45) is 6.58. The minimum absolute atomic E-state index is 0.0390. The van der Waals surface area contributed by atoms with Crippen LogP contribution in [-0.4, -0.2) is 34.8 Å². The summed E-state index contributed by atoms with van der Waals surface area (Å²) >= 11 is 3.12. The Hall–Kier alpha value is -1.73. The number of aromatic nitrogens is 1. The van der Waals surface area contributed by atoms with Crippen LogP contribution >= 0.6 is 22.7 Å². The highest BCUT2D eigenvalue weighted by molar-refractivity contribution is 7.14. The molecule has 26 heavy (non-hydrogen) atoms. The van der Waals surface area contributed by atoms with Crippen LogP contribution in [0, 0.1) is 5.41 Å². The van der Waals surface area contributed by atoms with Gasteiger partial charge < -0.3 is 10.2 Å². The van der Waals surface area contributed by atoms with Crippen LogP contribution in [0.2, 0.25) is 0 Å². The molecule has 7 heteroatoms. The maximum Gasteiger partial charge on any atom is 0.261 e. The zero-order chi connectivity index (χ0) is 18.1. The predicted octanol–water partition coefficient (Wildman–Crippen LogP) is 3.64. The van der Waals surface area contributed by atoms with Crippen molar-refractivity contribution in [3.8, 4) is 0 Å². The van der Waals surface area contributed by atoms with Crippen LogP contribution in [0.15, 0.2) is 23.7 Å². The van der Waals surface area contributed by atoms with Gasteiger partial charge in [-0.3, -0.25) is 9.59 Å². The van der Waals surface area contributed by atoms with E-state index in [1.165, 1.54) is 11.3 Å². The zero-order valence-electron chi connectivity index (χ0n) is 14.9. The fraction of sp³-hybridized carbons (Fsp3) is 0.526. The lowest BCUT2D eigenvalue weighted by atomic mass is 10.1. The van der Waals surface area contributed by atoms with Crippen molar-refractivity contribution in [2.45, 2.75) is 45.1 Å². The van der Waals surface area contributed by atoms with Crippen molar-refractivity contribution in [2.75, 3.05) is 13.1 Å². The molecule has 0 spiro atoms. The Balaban J connectivity index is 1.37. The average Bonchev–Trinajstić information content (AvgIpc) is 3.14. The number of carbonyl (C=O) groups is 2. The summed E-state index contributed by atoms with van der Waals surface area (Å²) in [4.78, 5) is 33.3. The molecule has 2 fully saturated rings. The summed E-state index contributed by atoms with van der Waals surface area (Å²) in [5.74, 6) is 0.255. The van der Waals surface area contributed by atoms with E-state index in [1.54, 1.807) is 17.5 Å². The Morgan fingerprint density at radius 1 is 1.38 bits per heavy atom. The van der Waals surface area contributed by atoms with Crippen molar-refractivity contribution in [1.82, 2.24) is 15.2 Å². The van der Waals surface area contributed by atoms with Gasteiger partial charge >= 0.3 is 0 Å². The Labute approximate surface area is 161 Å². The normalized spacial score (nSPS) is 21.0. The van der Waals surface area contributed by atoms with Gasteiger partial charge in [0.05, 0.1) is 15.9 Å². The minimum atomic E-state index is -0.129. The van der Waals surface area contributed by atoms with Crippen LogP contribution < -0.4 is 5.32 Å². The second-order valence-corrected chi connectivity index (χ2v) is 9.45. The first-order chi connectivity index (χ1) is 12.6. The van der Waals surface area contributed by atoms with E-state index in [0.717, 1.165) is 53.4 Å². The fourth-order valence-electron chi connectivity index (χ4n) is 3.45. The molecule has 5 nitrogen and oxygen atoms in total. The Morgan fingerprint density at radius 2 is 2.23 bits per heavy atom. The van der Waals surface area contributed by atoms with Gasteiger partial charge in [-0.1, -0.05) is 6.92 Å². The summed E-state index contributed by atoms with van der Waals surface area (Å²) in [5.41, 5.74) is -0.129. The molecular formula is C19H23N3O2S2. The molecule has 0 unspecified atom stereocenters. The van der Waals surface area contributed by atoms with Gasteiger partial charge in [-0.15, -0.1) is 22.7 Å². The first-order valence-corrected chi connectivity index (χ1v) is 10.8. The van der Waals surface area contributed by atoms with Crippen LogP contribution in [0.5, 0.6) is 0 Å². The van der Waals surface area contributed by atoms with Gasteiger partial charge in [0.1, 0.15) is 0 Å². The second kappa shape index (κ2) is 7.12. The molecule has 1 aliphatic heterocycles. The molecule has 0 radical (unpaired) electrons. The number of hydrogen-bond donors (Lipinski definition) is 1. The van der Waals surface area contributed by atoms with Crippen LogP contribution in [-0.2, 0) is 11.2 Å². The van der Waals surface area contributed by atoms with Gasteiger partial charge in [0, 0.05) is 41.4 Å². The van der Waals surface area contributed by atoms with Gasteiger partial charge in [0.25, 0.3) is 5.91 Å². The van der Waals surface area contributed by atoms with Crippen molar-refractivity contribution in [3.05, 3.63) is 38.5 Å². The molecule has 4 rings (SSSR count). The monoisotopic (exact) mass is 389 g/mol. The molecule has 1 saturated carbocycles. The van der Waals surface area contributed by atoms with Gasteiger partial charge in [-0.25, -0.2) is 4.98 Å². The lowest BCUT2D eigenvalue weighted by Crippen LogP contribution is -2.35. The van der Waals surface area contributed by atoms with Gasteiger partial charge in [0.2, 0.25) is 5.91 Å². The number of carbonyl (C=O) groups excluding carboxylic acids is 2. The third kappa shape index (κ3) is 3.55. The average molecular weight is 390 g/mol. The van der Waals surface area contributed by atoms with Gasteiger partial charge in [-0.05, 0) is 37.8 Å². The minimum Gasteiger partial charge on any atom is -0.351 e.